The number of hydrogen-bond donors (Lipinski definition) is 1. The highest BCUT2D eigenvalue weighted by Gasteiger charge is 2.33. The minimum Gasteiger partial charge on any atom is -0.506 e. The molecule has 1 amide bonds. The van der Waals surface area contributed by atoms with Crippen LogP contribution >= 0.6 is 35.0 Å². The number of aliphatic hydroxyl groups is 1. The van der Waals surface area contributed by atoms with E-state index in [1.807, 2.05) is 6.92 Å². The number of thioether (sulfide) groups is 1. The zero-order valence-corrected chi connectivity index (χ0v) is 21.3. The molecule has 0 bridgehead atoms. The number of amides is 1. The van der Waals surface area contributed by atoms with Gasteiger partial charge < -0.3 is 14.6 Å². The lowest BCUT2D eigenvalue weighted by molar-refractivity contribution is -0.138. The van der Waals surface area contributed by atoms with Gasteiger partial charge >= 0.3 is 5.97 Å². The first-order valence-electron chi connectivity index (χ1n) is 10.7. The number of hydrogen-bond acceptors (Lipinski definition) is 6. The zero-order valence-electron chi connectivity index (χ0n) is 18.9. The van der Waals surface area contributed by atoms with E-state index in [9.17, 15) is 19.1 Å². The number of nitrogens with zero attached hydrogens (tertiary/aromatic N) is 1. The monoisotopic (exact) mass is 537 g/mol. The van der Waals surface area contributed by atoms with Crippen molar-refractivity contribution in [3.8, 4) is 5.75 Å². The number of carbonyl (C=O) groups excluding carboxylic acids is 2. The van der Waals surface area contributed by atoms with E-state index in [0.717, 1.165) is 11.8 Å². The van der Waals surface area contributed by atoms with E-state index in [0.29, 0.717) is 17.5 Å². The summed E-state index contributed by atoms with van der Waals surface area (Å²) in [5.74, 6) is -1.69. The third-order valence-corrected chi connectivity index (χ3v) is 6.23. The Hall–Kier alpha value is -2.81. The lowest BCUT2D eigenvalue weighted by Crippen LogP contribution is -2.14. The van der Waals surface area contributed by atoms with Crippen LogP contribution in [0, 0.1) is 5.82 Å². The molecule has 1 heterocycles. The average molecular weight is 538 g/mol. The van der Waals surface area contributed by atoms with Gasteiger partial charge in [-0.05, 0) is 54.8 Å². The van der Waals surface area contributed by atoms with E-state index < -0.39 is 11.9 Å². The largest absolute Gasteiger partial charge is 0.506 e. The van der Waals surface area contributed by atoms with E-state index in [2.05, 4.69) is 4.99 Å². The van der Waals surface area contributed by atoms with Crippen LogP contribution in [0.25, 0.3) is 6.08 Å². The Kier molecular flexibility index (Phi) is 9.37. The summed E-state index contributed by atoms with van der Waals surface area (Å²) in [6, 6.07) is 9.09. The maximum absolute atomic E-state index is 13.4. The highest BCUT2D eigenvalue weighted by molar-refractivity contribution is 8.18. The number of aliphatic imine (C=N–C) groups is 1. The van der Waals surface area contributed by atoms with Crippen molar-refractivity contribution in [2.24, 2.45) is 4.99 Å². The molecule has 2 aromatic rings. The van der Waals surface area contributed by atoms with Gasteiger partial charge in [0.1, 0.15) is 28.8 Å². The average Bonchev–Trinajstić information content (AvgIpc) is 3.08. The highest BCUT2D eigenvalue weighted by Crippen LogP contribution is 2.41. The van der Waals surface area contributed by atoms with Gasteiger partial charge in [0.05, 0.1) is 21.6 Å². The fourth-order valence-corrected chi connectivity index (χ4v) is 4.75. The molecular weight excluding hydrogens is 516 g/mol. The first-order valence-corrected chi connectivity index (χ1v) is 12.3. The number of halogens is 3. The molecule has 0 aromatic heterocycles. The molecule has 0 spiro atoms. The molecule has 0 atom stereocenters. The fraction of sp³-hybridized carbons (Fsp3) is 0.240. The molecule has 3 rings (SSSR count). The van der Waals surface area contributed by atoms with Crippen molar-refractivity contribution in [1.82, 2.24) is 0 Å². The number of benzene rings is 2. The van der Waals surface area contributed by atoms with Gasteiger partial charge in [0, 0.05) is 6.42 Å². The van der Waals surface area contributed by atoms with Crippen LogP contribution in [0.15, 0.2) is 57.6 Å². The molecule has 0 fully saturated rings. The second kappa shape index (κ2) is 12.2. The molecule has 1 N–H and O–H groups in total. The summed E-state index contributed by atoms with van der Waals surface area (Å²) in [6.07, 6.45) is 2.36. The van der Waals surface area contributed by atoms with Gasteiger partial charge in [-0.25, -0.2) is 14.2 Å². The van der Waals surface area contributed by atoms with E-state index in [-0.39, 0.29) is 62.5 Å². The first kappa shape index (κ1) is 26.8. The van der Waals surface area contributed by atoms with Gasteiger partial charge in [0.15, 0.2) is 5.75 Å². The maximum Gasteiger partial charge on any atom is 0.344 e. The summed E-state index contributed by atoms with van der Waals surface area (Å²) in [7, 11) is 0. The Morgan fingerprint density at radius 3 is 2.51 bits per heavy atom. The molecule has 35 heavy (non-hydrogen) atoms. The van der Waals surface area contributed by atoms with Crippen molar-refractivity contribution in [3.05, 3.63) is 79.6 Å². The van der Waals surface area contributed by atoms with E-state index in [1.54, 1.807) is 37.3 Å². The van der Waals surface area contributed by atoms with Crippen LogP contribution in [0.4, 0.5) is 4.39 Å². The van der Waals surface area contributed by atoms with Crippen LogP contribution < -0.4 is 4.74 Å². The van der Waals surface area contributed by atoms with Gasteiger partial charge in [-0.15, -0.1) is 0 Å². The minimum absolute atomic E-state index is 0.0610. The normalized spacial score (nSPS) is 15.7. The molecule has 10 heteroatoms. The van der Waals surface area contributed by atoms with Crippen molar-refractivity contribution >= 4 is 58.0 Å². The predicted molar refractivity (Wildman–Crippen MR) is 136 cm³/mol. The maximum atomic E-state index is 13.4. The fourth-order valence-electron chi connectivity index (χ4n) is 3.11. The Labute approximate surface area is 216 Å². The number of esters is 1. The van der Waals surface area contributed by atoms with Crippen molar-refractivity contribution < 1.29 is 28.6 Å². The van der Waals surface area contributed by atoms with Crippen molar-refractivity contribution in [2.75, 3.05) is 6.61 Å². The topological polar surface area (TPSA) is 85.2 Å². The Morgan fingerprint density at radius 2 is 1.89 bits per heavy atom. The molecular formula is C25H22Cl2FNO5S. The Balaban J connectivity index is 1.89. The van der Waals surface area contributed by atoms with Gasteiger partial charge in [-0.1, -0.05) is 54.0 Å². The van der Waals surface area contributed by atoms with Crippen molar-refractivity contribution in [2.45, 2.75) is 33.3 Å². The van der Waals surface area contributed by atoms with Crippen LogP contribution in [-0.4, -0.2) is 28.6 Å². The molecule has 0 saturated heterocycles. The Bertz CT molecular complexity index is 1220. The molecule has 0 aliphatic carbocycles. The molecule has 1 aliphatic heterocycles. The summed E-state index contributed by atoms with van der Waals surface area (Å²) < 4.78 is 24.1. The van der Waals surface area contributed by atoms with Gasteiger partial charge in [-0.3, -0.25) is 4.79 Å². The summed E-state index contributed by atoms with van der Waals surface area (Å²) in [5, 5.41) is 11.2. The predicted octanol–water partition coefficient (Wildman–Crippen LogP) is 6.90. The minimum atomic E-state index is -0.777. The number of ether oxygens (including phenoxy) is 2. The summed E-state index contributed by atoms with van der Waals surface area (Å²) in [4.78, 5) is 28.7. The van der Waals surface area contributed by atoms with Crippen molar-refractivity contribution in [3.63, 3.8) is 0 Å². The standard InChI is InChI=1S/C25H22Cl2FNO5S/c1-3-6-20(30)29-24-21(25(32)33-4-2)22(31)19(35-24)12-15-10-17(26)23(18(27)11-15)34-13-14-7-5-8-16(28)9-14/h5,7-12,31H,3-4,6,13H2,1-2H3/b19-12-,29-24?. The SMILES string of the molecule is CCCC(=O)N=C1S/C(=C\c2cc(Cl)c(OCc3cccc(F)c3)c(Cl)c2)C(O)=C1C(=O)OCC. The molecule has 2 aromatic carbocycles. The van der Waals surface area contributed by atoms with Crippen LogP contribution in [0.2, 0.25) is 10.0 Å². The van der Waals surface area contributed by atoms with Gasteiger partial charge in [-0.2, -0.15) is 0 Å². The molecule has 1 aliphatic rings. The van der Waals surface area contributed by atoms with Gasteiger partial charge in [0.25, 0.3) is 0 Å². The third-order valence-electron chi connectivity index (χ3n) is 4.65. The van der Waals surface area contributed by atoms with E-state index in [4.69, 9.17) is 32.7 Å². The first-order chi connectivity index (χ1) is 16.7. The van der Waals surface area contributed by atoms with Crippen LogP contribution in [-0.2, 0) is 20.9 Å². The third kappa shape index (κ3) is 6.87. The summed E-state index contributed by atoms with van der Waals surface area (Å²) >= 11 is 13.7. The zero-order chi connectivity index (χ0) is 25.5. The van der Waals surface area contributed by atoms with Crippen LogP contribution in [0.1, 0.15) is 37.8 Å². The second-order valence-corrected chi connectivity index (χ2v) is 9.19. The lowest BCUT2D eigenvalue weighted by atomic mass is 10.1. The summed E-state index contributed by atoms with van der Waals surface area (Å²) in [5.41, 5.74) is 0.952. The lowest BCUT2D eigenvalue weighted by Gasteiger charge is -2.11. The second-order valence-electron chi connectivity index (χ2n) is 7.35. The Morgan fingerprint density at radius 1 is 1.17 bits per heavy atom. The van der Waals surface area contributed by atoms with Crippen LogP contribution in [0.5, 0.6) is 5.75 Å². The molecule has 6 nitrogen and oxygen atoms in total. The van der Waals surface area contributed by atoms with E-state index >= 15 is 0 Å². The number of rotatable bonds is 8. The quantitative estimate of drug-likeness (QED) is 0.368. The van der Waals surface area contributed by atoms with Crippen molar-refractivity contribution in [1.29, 1.82) is 0 Å². The smallest absolute Gasteiger partial charge is 0.344 e. The summed E-state index contributed by atoms with van der Waals surface area (Å²) in [6.45, 7) is 3.63. The van der Waals surface area contributed by atoms with E-state index in [1.165, 1.54) is 12.1 Å². The number of carbonyl (C=O) groups is 2. The molecule has 184 valence electrons. The van der Waals surface area contributed by atoms with Gasteiger partial charge in [0.2, 0.25) is 5.91 Å². The van der Waals surface area contributed by atoms with Crippen LogP contribution in [0.3, 0.4) is 0 Å². The highest BCUT2D eigenvalue weighted by atomic mass is 35.5. The molecule has 0 saturated carbocycles. The molecule has 0 radical (unpaired) electrons. The number of aliphatic hydroxyl groups excluding tert-OH is 1. The molecule has 0 unspecified atom stereocenters.